The zero-order chi connectivity index (χ0) is 19.1. The summed E-state index contributed by atoms with van der Waals surface area (Å²) in [6, 6.07) is 12.7. The van der Waals surface area contributed by atoms with Crippen LogP contribution in [0.4, 0.5) is 4.79 Å². The highest BCUT2D eigenvalue weighted by Crippen LogP contribution is 2.20. The van der Waals surface area contributed by atoms with Crippen LogP contribution in [0.15, 0.2) is 48.5 Å². The molecule has 6 nitrogen and oxygen atoms in total. The molecule has 8 heteroatoms. The summed E-state index contributed by atoms with van der Waals surface area (Å²) in [5.74, 6) is -0.836. The van der Waals surface area contributed by atoms with Crippen molar-refractivity contribution in [1.29, 1.82) is 0 Å². The van der Waals surface area contributed by atoms with Crippen LogP contribution in [0.1, 0.15) is 15.9 Å². The van der Waals surface area contributed by atoms with Crippen molar-refractivity contribution >= 4 is 52.0 Å². The smallest absolute Gasteiger partial charge is 0.405 e. The van der Waals surface area contributed by atoms with E-state index in [4.69, 9.17) is 16.7 Å². The molecule has 0 fully saturated rings. The van der Waals surface area contributed by atoms with Gasteiger partial charge in [0, 0.05) is 15.6 Å². The van der Waals surface area contributed by atoms with Crippen molar-refractivity contribution in [2.24, 2.45) is 0 Å². The molecule has 2 amide bonds. The lowest BCUT2D eigenvalue weighted by atomic mass is 10.1. The van der Waals surface area contributed by atoms with Crippen LogP contribution in [0.2, 0.25) is 5.02 Å². The largest absolute Gasteiger partial charge is 0.465 e. The van der Waals surface area contributed by atoms with Gasteiger partial charge in [-0.3, -0.25) is 9.59 Å². The van der Waals surface area contributed by atoms with E-state index in [1.165, 1.54) is 0 Å². The van der Waals surface area contributed by atoms with E-state index < -0.39 is 18.0 Å². The maximum absolute atomic E-state index is 12.3. The van der Waals surface area contributed by atoms with Crippen LogP contribution in [0, 0.1) is 3.57 Å². The van der Waals surface area contributed by atoms with Crippen LogP contribution in [0.3, 0.4) is 0 Å². The van der Waals surface area contributed by atoms with Gasteiger partial charge in [0.2, 0.25) is 5.91 Å². The van der Waals surface area contributed by atoms with Crippen molar-refractivity contribution in [3.8, 4) is 0 Å². The Morgan fingerprint density at radius 2 is 1.81 bits per heavy atom. The number of hydrogen-bond donors (Lipinski definition) is 3. The Hall–Kier alpha value is -2.13. The first-order valence-electron chi connectivity index (χ1n) is 7.66. The fourth-order valence-corrected chi connectivity index (χ4v) is 2.82. The van der Waals surface area contributed by atoms with Gasteiger partial charge in [-0.15, -0.1) is 0 Å². The Balaban J connectivity index is 2.03. The van der Waals surface area contributed by atoms with Gasteiger partial charge in [-0.2, -0.15) is 0 Å². The number of carbonyl (C=O) groups excluding carboxylic acids is 2. The molecule has 0 unspecified atom stereocenters. The maximum Gasteiger partial charge on any atom is 0.405 e. The molecule has 26 heavy (non-hydrogen) atoms. The van der Waals surface area contributed by atoms with Gasteiger partial charge in [0.1, 0.15) is 6.04 Å². The SMILES string of the molecule is O=C(O)N[C@@H](Cc1ccc(I)c(Cl)c1)C(=O)NCC(=O)c1ccccc1. The summed E-state index contributed by atoms with van der Waals surface area (Å²) >= 11 is 8.14. The van der Waals surface area contributed by atoms with Crippen molar-refractivity contribution in [1.82, 2.24) is 10.6 Å². The average Bonchev–Trinajstić information content (AvgIpc) is 2.62. The monoisotopic (exact) mass is 486 g/mol. The van der Waals surface area contributed by atoms with E-state index >= 15 is 0 Å². The normalized spacial score (nSPS) is 11.5. The lowest BCUT2D eigenvalue weighted by molar-refractivity contribution is -0.122. The van der Waals surface area contributed by atoms with Gasteiger partial charge < -0.3 is 15.7 Å². The fourth-order valence-electron chi connectivity index (χ4n) is 2.28. The highest BCUT2D eigenvalue weighted by Gasteiger charge is 2.22. The van der Waals surface area contributed by atoms with E-state index in [0.717, 1.165) is 3.57 Å². The zero-order valence-electron chi connectivity index (χ0n) is 13.5. The molecule has 2 aromatic carbocycles. The van der Waals surface area contributed by atoms with Gasteiger partial charge in [-0.05, 0) is 40.3 Å². The second-order valence-electron chi connectivity index (χ2n) is 5.46. The Kier molecular flexibility index (Phi) is 7.40. The Bertz CT molecular complexity index is 814. The summed E-state index contributed by atoms with van der Waals surface area (Å²) in [6.07, 6.45) is -1.20. The van der Waals surface area contributed by atoms with E-state index in [9.17, 15) is 14.4 Å². The molecular weight excluding hydrogens is 471 g/mol. The fraction of sp³-hybridized carbons (Fsp3) is 0.167. The molecule has 0 heterocycles. The van der Waals surface area contributed by atoms with Crippen LogP contribution in [0.25, 0.3) is 0 Å². The molecule has 0 saturated heterocycles. The standard InChI is InChI=1S/C18H16ClIN2O4/c19-13-8-11(6-7-14(13)20)9-15(22-18(25)26)17(24)21-10-16(23)12-4-2-1-3-5-12/h1-8,15,22H,9-10H2,(H,21,24)(H,25,26)/t15-/m0/s1. The minimum atomic E-state index is -1.32. The third-order valence-corrected chi connectivity index (χ3v) is 5.13. The number of carbonyl (C=O) groups is 3. The number of ketones is 1. The lowest BCUT2D eigenvalue weighted by Crippen LogP contribution is -2.48. The van der Waals surface area contributed by atoms with E-state index in [1.807, 2.05) is 0 Å². The quantitative estimate of drug-likeness (QED) is 0.414. The number of benzene rings is 2. The molecule has 0 aliphatic heterocycles. The summed E-state index contributed by atoms with van der Waals surface area (Å²) in [5.41, 5.74) is 1.18. The molecule has 3 N–H and O–H groups in total. The predicted molar refractivity (Wildman–Crippen MR) is 107 cm³/mol. The molecule has 1 atom stereocenters. The van der Waals surface area contributed by atoms with Crippen molar-refractivity contribution in [2.75, 3.05) is 6.54 Å². The molecule has 0 saturated carbocycles. The number of amides is 2. The van der Waals surface area contributed by atoms with E-state index in [-0.39, 0.29) is 18.7 Å². The Morgan fingerprint density at radius 1 is 1.12 bits per heavy atom. The molecule has 0 bridgehead atoms. The zero-order valence-corrected chi connectivity index (χ0v) is 16.5. The van der Waals surface area contributed by atoms with Gasteiger partial charge in [-0.25, -0.2) is 4.79 Å². The summed E-state index contributed by atoms with van der Waals surface area (Å²) in [7, 11) is 0. The second kappa shape index (κ2) is 9.54. The Labute approximate surface area is 169 Å². The minimum absolute atomic E-state index is 0.119. The van der Waals surface area contributed by atoms with E-state index in [1.54, 1.807) is 48.5 Å². The van der Waals surface area contributed by atoms with Crippen LogP contribution in [-0.2, 0) is 11.2 Å². The van der Waals surface area contributed by atoms with Gasteiger partial charge in [0.15, 0.2) is 5.78 Å². The molecule has 0 radical (unpaired) electrons. The number of halogens is 2. The first-order chi connectivity index (χ1) is 12.4. The van der Waals surface area contributed by atoms with Gasteiger partial charge in [0.05, 0.1) is 11.6 Å². The van der Waals surface area contributed by atoms with Gasteiger partial charge in [0.25, 0.3) is 0 Å². The van der Waals surface area contributed by atoms with E-state index in [0.29, 0.717) is 16.1 Å². The second-order valence-corrected chi connectivity index (χ2v) is 7.03. The number of nitrogens with one attached hydrogen (secondary N) is 2. The molecule has 0 aliphatic carbocycles. The van der Waals surface area contributed by atoms with Crippen LogP contribution in [0.5, 0.6) is 0 Å². The van der Waals surface area contributed by atoms with Crippen LogP contribution >= 0.6 is 34.2 Å². The van der Waals surface area contributed by atoms with E-state index in [2.05, 4.69) is 33.2 Å². The number of hydrogen-bond acceptors (Lipinski definition) is 3. The van der Waals surface area contributed by atoms with Crippen LogP contribution in [-0.4, -0.2) is 35.5 Å². The molecule has 0 aliphatic rings. The molecular formula is C18H16ClIN2O4. The molecule has 0 spiro atoms. The third kappa shape index (κ3) is 5.99. The summed E-state index contributed by atoms with van der Waals surface area (Å²) < 4.78 is 0.855. The van der Waals surface area contributed by atoms with Gasteiger partial charge >= 0.3 is 6.09 Å². The molecule has 2 rings (SSSR count). The highest BCUT2D eigenvalue weighted by molar-refractivity contribution is 14.1. The average molecular weight is 487 g/mol. The topological polar surface area (TPSA) is 95.5 Å². The Morgan fingerprint density at radius 3 is 2.42 bits per heavy atom. The number of carboxylic acid groups (broad SMARTS) is 1. The number of rotatable bonds is 7. The summed E-state index contributed by atoms with van der Waals surface area (Å²) in [6.45, 7) is -0.214. The van der Waals surface area contributed by atoms with Gasteiger partial charge in [-0.1, -0.05) is 48.0 Å². The van der Waals surface area contributed by atoms with Crippen molar-refractivity contribution < 1.29 is 19.5 Å². The van der Waals surface area contributed by atoms with Crippen molar-refractivity contribution in [2.45, 2.75) is 12.5 Å². The molecule has 2 aromatic rings. The summed E-state index contributed by atoms with van der Waals surface area (Å²) in [5, 5.41) is 14.2. The molecule has 0 aromatic heterocycles. The first kappa shape index (κ1) is 20.2. The highest BCUT2D eigenvalue weighted by atomic mass is 127. The third-order valence-electron chi connectivity index (χ3n) is 3.56. The van der Waals surface area contributed by atoms with Crippen LogP contribution < -0.4 is 10.6 Å². The van der Waals surface area contributed by atoms with Crippen molar-refractivity contribution in [3.63, 3.8) is 0 Å². The summed E-state index contributed by atoms with van der Waals surface area (Å²) in [4.78, 5) is 35.4. The predicted octanol–water partition coefficient (Wildman–Crippen LogP) is 3.12. The molecule has 136 valence electrons. The lowest BCUT2D eigenvalue weighted by Gasteiger charge is -2.17. The van der Waals surface area contributed by atoms with Crippen molar-refractivity contribution in [3.05, 3.63) is 68.3 Å². The minimum Gasteiger partial charge on any atom is -0.465 e. The maximum atomic E-state index is 12.3. The first-order valence-corrected chi connectivity index (χ1v) is 9.12. The number of Topliss-reactive ketones (excluding diaryl/α,β-unsaturated/α-hetero) is 1.